The number of amides is 1. The number of alkyl carbamates (subject to hydrolysis) is 1. The van der Waals surface area contributed by atoms with E-state index in [2.05, 4.69) is 22.3 Å². The Balaban J connectivity index is 1.86. The van der Waals surface area contributed by atoms with Crippen molar-refractivity contribution in [3.8, 4) is 0 Å². The predicted molar refractivity (Wildman–Crippen MR) is 67.2 cm³/mol. The first-order chi connectivity index (χ1) is 8.29. The smallest absolute Gasteiger partial charge is 0.407 e. The van der Waals surface area contributed by atoms with Gasteiger partial charge in [0.1, 0.15) is 0 Å². The standard InChI is InChI=1S/C13H18N2O2/c1-2-17-13(16)14-11-8-9-15(10-11)12-6-4-3-5-7-12/h3-7,11H,2,8-10H2,1H3,(H,14,16). The normalized spacial score (nSPS) is 19.1. The quantitative estimate of drug-likeness (QED) is 0.869. The van der Waals surface area contributed by atoms with Crippen molar-refractivity contribution >= 4 is 11.8 Å². The molecule has 0 bridgehead atoms. The van der Waals surface area contributed by atoms with E-state index in [9.17, 15) is 4.79 Å². The van der Waals surface area contributed by atoms with Crippen molar-refractivity contribution in [1.29, 1.82) is 0 Å². The maximum atomic E-state index is 11.3. The van der Waals surface area contributed by atoms with Gasteiger partial charge in [0.15, 0.2) is 0 Å². The molecular formula is C13H18N2O2. The molecule has 1 N–H and O–H groups in total. The van der Waals surface area contributed by atoms with Gasteiger partial charge in [0.25, 0.3) is 0 Å². The zero-order valence-electron chi connectivity index (χ0n) is 10.1. The highest BCUT2D eigenvalue weighted by molar-refractivity contribution is 5.67. The van der Waals surface area contributed by atoms with E-state index in [1.54, 1.807) is 0 Å². The van der Waals surface area contributed by atoms with E-state index in [-0.39, 0.29) is 12.1 Å². The summed E-state index contributed by atoms with van der Waals surface area (Å²) in [7, 11) is 0. The fourth-order valence-electron chi connectivity index (χ4n) is 2.09. The molecule has 0 aromatic heterocycles. The summed E-state index contributed by atoms with van der Waals surface area (Å²) in [5.74, 6) is 0. The predicted octanol–water partition coefficient (Wildman–Crippen LogP) is 2.01. The lowest BCUT2D eigenvalue weighted by Gasteiger charge is -2.18. The molecule has 1 atom stereocenters. The highest BCUT2D eigenvalue weighted by Gasteiger charge is 2.24. The van der Waals surface area contributed by atoms with E-state index in [0.717, 1.165) is 19.5 Å². The fourth-order valence-corrected chi connectivity index (χ4v) is 2.09. The van der Waals surface area contributed by atoms with Crippen LogP contribution >= 0.6 is 0 Å². The average Bonchev–Trinajstić information content (AvgIpc) is 2.79. The van der Waals surface area contributed by atoms with Crippen LogP contribution in [-0.4, -0.2) is 31.8 Å². The summed E-state index contributed by atoms with van der Waals surface area (Å²) in [5.41, 5.74) is 1.21. The number of hydrogen-bond donors (Lipinski definition) is 1. The van der Waals surface area contributed by atoms with Crippen LogP contribution in [0.5, 0.6) is 0 Å². The third-order valence-corrected chi connectivity index (χ3v) is 2.91. The van der Waals surface area contributed by atoms with Crippen LogP contribution < -0.4 is 10.2 Å². The van der Waals surface area contributed by atoms with Gasteiger partial charge in [-0.3, -0.25) is 0 Å². The lowest BCUT2D eigenvalue weighted by atomic mass is 10.3. The molecule has 1 fully saturated rings. The molecule has 17 heavy (non-hydrogen) atoms. The molecule has 1 aliphatic rings. The highest BCUT2D eigenvalue weighted by Crippen LogP contribution is 2.19. The van der Waals surface area contributed by atoms with Gasteiger partial charge in [0.05, 0.1) is 12.6 Å². The van der Waals surface area contributed by atoms with Gasteiger partial charge < -0.3 is 15.0 Å². The lowest BCUT2D eigenvalue weighted by molar-refractivity contribution is 0.149. The number of hydrogen-bond acceptors (Lipinski definition) is 3. The molecule has 4 nitrogen and oxygen atoms in total. The van der Waals surface area contributed by atoms with Gasteiger partial charge >= 0.3 is 6.09 Å². The van der Waals surface area contributed by atoms with Crippen molar-refractivity contribution < 1.29 is 9.53 Å². The maximum absolute atomic E-state index is 11.3. The molecule has 0 spiro atoms. The molecule has 1 heterocycles. The van der Waals surface area contributed by atoms with Crippen molar-refractivity contribution in [1.82, 2.24) is 5.32 Å². The SMILES string of the molecule is CCOC(=O)NC1CCN(c2ccccc2)C1. The Hall–Kier alpha value is -1.71. The van der Waals surface area contributed by atoms with Gasteiger partial charge in [-0.15, -0.1) is 0 Å². The van der Waals surface area contributed by atoms with E-state index in [1.807, 2.05) is 25.1 Å². The van der Waals surface area contributed by atoms with Crippen LogP contribution in [0.1, 0.15) is 13.3 Å². The molecule has 1 aromatic rings. The highest BCUT2D eigenvalue weighted by atomic mass is 16.5. The second-order valence-corrected chi connectivity index (χ2v) is 4.13. The minimum atomic E-state index is -0.313. The van der Waals surface area contributed by atoms with Gasteiger partial charge in [-0.2, -0.15) is 0 Å². The summed E-state index contributed by atoms with van der Waals surface area (Å²) in [6.45, 7) is 4.05. The monoisotopic (exact) mass is 234 g/mol. The van der Waals surface area contributed by atoms with Gasteiger partial charge in [-0.1, -0.05) is 18.2 Å². The second-order valence-electron chi connectivity index (χ2n) is 4.13. The molecule has 1 aromatic carbocycles. The molecule has 4 heteroatoms. The number of carbonyl (C=O) groups is 1. The molecule has 92 valence electrons. The van der Waals surface area contributed by atoms with E-state index < -0.39 is 0 Å². The molecule has 0 radical (unpaired) electrons. The first-order valence-electron chi connectivity index (χ1n) is 6.03. The molecule has 1 saturated heterocycles. The summed E-state index contributed by atoms with van der Waals surface area (Å²) < 4.78 is 4.88. The van der Waals surface area contributed by atoms with Crippen LogP contribution in [-0.2, 0) is 4.74 Å². The van der Waals surface area contributed by atoms with Crippen LogP contribution in [0.4, 0.5) is 10.5 Å². The molecule has 1 amide bonds. The van der Waals surface area contributed by atoms with Crippen molar-refractivity contribution in [3.63, 3.8) is 0 Å². The van der Waals surface area contributed by atoms with E-state index in [0.29, 0.717) is 6.61 Å². The van der Waals surface area contributed by atoms with Crippen LogP contribution in [0, 0.1) is 0 Å². The summed E-state index contributed by atoms with van der Waals surface area (Å²) >= 11 is 0. The number of nitrogens with zero attached hydrogens (tertiary/aromatic N) is 1. The van der Waals surface area contributed by atoms with E-state index in [1.165, 1.54) is 5.69 Å². The molecule has 0 aliphatic carbocycles. The van der Waals surface area contributed by atoms with E-state index >= 15 is 0 Å². The van der Waals surface area contributed by atoms with Crippen molar-refractivity contribution in [3.05, 3.63) is 30.3 Å². The Kier molecular flexibility index (Phi) is 3.85. The van der Waals surface area contributed by atoms with Crippen LogP contribution in [0.2, 0.25) is 0 Å². The third kappa shape index (κ3) is 3.12. The number of nitrogens with one attached hydrogen (secondary N) is 1. The van der Waals surface area contributed by atoms with Crippen molar-refractivity contribution in [2.45, 2.75) is 19.4 Å². The van der Waals surface area contributed by atoms with Gasteiger partial charge in [0.2, 0.25) is 0 Å². The molecule has 0 saturated carbocycles. The Labute approximate surface area is 102 Å². The number of benzene rings is 1. The second kappa shape index (κ2) is 5.57. The Morgan fingerprint density at radius 3 is 2.94 bits per heavy atom. The van der Waals surface area contributed by atoms with Gasteiger partial charge in [-0.05, 0) is 25.5 Å². The summed E-state index contributed by atoms with van der Waals surface area (Å²) in [6.07, 6.45) is 0.653. The minimum Gasteiger partial charge on any atom is -0.450 e. The third-order valence-electron chi connectivity index (χ3n) is 2.91. The maximum Gasteiger partial charge on any atom is 0.407 e. The van der Waals surface area contributed by atoms with Gasteiger partial charge in [0, 0.05) is 18.8 Å². The van der Waals surface area contributed by atoms with Crippen LogP contribution in [0.15, 0.2) is 30.3 Å². The number of para-hydroxylation sites is 1. The molecular weight excluding hydrogens is 216 g/mol. The number of rotatable bonds is 3. The van der Waals surface area contributed by atoms with Crippen LogP contribution in [0.3, 0.4) is 0 Å². The number of ether oxygens (including phenoxy) is 1. The minimum absolute atomic E-state index is 0.189. The summed E-state index contributed by atoms with van der Waals surface area (Å²) in [6, 6.07) is 10.4. The van der Waals surface area contributed by atoms with Crippen LogP contribution in [0.25, 0.3) is 0 Å². The number of anilines is 1. The summed E-state index contributed by atoms with van der Waals surface area (Å²) in [4.78, 5) is 13.6. The van der Waals surface area contributed by atoms with Crippen molar-refractivity contribution in [2.24, 2.45) is 0 Å². The Bertz CT molecular complexity index is 367. The summed E-state index contributed by atoms with van der Waals surface area (Å²) in [5, 5.41) is 2.88. The molecule has 2 rings (SSSR count). The zero-order chi connectivity index (χ0) is 12.1. The average molecular weight is 234 g/mol. The Morgan fingerprint density at radius 2 is 2.24 bits per heavy atom. The van der Waals surface area contributed by atoms with E-state index in [4.69, 9.17) is 4.74 Å². The molecule has 1 unspecified atom stereocenters. The zero-order valence-corrected chi connectivity index (χ0v) is 10.1. The Morgan fingerprint density at radius 1 is 1.47 bits per heavy atom. The molecule has 1 aliphatic heterocycles. The first kappa shape index (κ1) is 11.8. The largest absolute Gasteiger partial charge is 0.450 e. The fraction of sp³-hybridized carbons (Fsp3) is 0.462. The topological polar surface area (TPSA) is 41.6 Å². The first-order valence-corrected chi connectivity index (χ1v) is 6.03. The van der Waals surface area contributed by atoms with Crippen molar-refractivity contribution in [2.75, 3.05) is 24.6 Å². The number of carbonyl (C=O) groups excluding carboxylic acids is 1. The van der Waals surface area contributed by atoms with Gasteiger partial charge in [-0.25, -0.2) is 4.79 Å². The lowest BCUT2D eigenvalue weighted by Crippen LogP contribution is -2.37.